The zero-order valence-corrected chi connectivity index (χ0v) is 32.8. The van der Waals surface area contributed by atoms with Gasteiger partial charge in [-0.1, -0.05) is 71.4 Å². The van der Waals surface area contributed by atoms with E-state index < -0.39 is 42.4 Å². The fourth-order valence-electron chi connectivity index (χ4n) is 8.81. The molecule has 4 rings (SSSR count). The highest BCUT2D eigenvalue weighted by Gasteiger charge is 2.46. The number of piperidine rings is 1. The highest BCUT2D eigenvalue weighted by Crippen LogP contribution is 2.35. The maximum Gasteiger partial charge on any atom is 0.245 e. The molecule has 2 heterocycles. The quantitative estimate of drug-likeness (QED) is 0.180. The highest BCUT2D eigenvalue weighted by atomic mass is 16.5. The smallest absolute Gasteiger partial charge is 0.245 e. The van der Waals surface area contributed by atoms with Crippen molar-refractivity contribution in [2.45, 2.75) is 141 Å². The Kier molecular flexibility index (Phi) is 15.1. The van der Waals surface area contributed by atoms with Crippen LogP contribution in [0.1, 0.15) is 98.2 Å². The van der Waals surface area contributed by atoms with Crippen LogP contribution in [-0.4, -0.2) is 115 Å². The molecular formula is C40H65N5O7. The van der Waals surface area contributed by atoms with Crippen LogP contribution >= 0.6 is 0 Å². The summed E-state index contributed by atoms with van der Waals surface area (Å²) >= 11 is 0. The predicted octanol–water partition coefficient (Wildman–Crippen LogP) is 3.43. The Morgan fingerprint density at radius 1 is 1.00 bits per heavy atom. The van der Waals surface area contributed by atoms with Crippen molar-refractivity contribution in [2.75, 3.05) is 27.8 Å². The Balaban J connectivity index is 1.44. The summed E-state index contributed by atoms with van der Waals surface area (Å²) in [4.78, 5) is 58.7. The summed E-state index contributed by atoms with van der Waals surface area (Å²) in [7, 11) is 4.89. The second-order valence-corrected chi connectivity index (χ2v) is 15.9. The zero-order valence-electron chi connectivity index (χ0n) is 32.8. The highest BCUT2D eigenvalue weighted by molar-refractivity contribution is 5.90. The lowest BCUT2D eigenvalue weighted by molar-refractivity contribution is -0.148. The van der Waals surface area contributed by atoms with E-state index in [1.54, 1.807) is 44.9 Å². The van der Waals surface area contributed by atoms with Crippen molar-refractivity contribution in [3.8, 4) is 0 Å². The second kappa shape index (κ2) is 18.8. The van der Waals surface area contributed by atoms with Crippen LogP contribution in [0.2, 0.25) is 0 Å². The van der Waals surface area contributed by atoms with Gasteiger partial charge in [0.15, 0.2) is 0 Å². The Morgan fingerprint density at radius 3 is 2.25 bits per heavy atom. The fourth-order valence-corrected chi connectivity index (χ4v) is 8.81. The molecule has 1 aromatic carbocycles. The molecule has 0 aromatic heterocycles. The molecule has 2 aliphatic heterocycles. The van der Waals surface area contributed by atoms with Gasteiger partial charge in [-0.05, 0) is 62.3 Å². The standard InChI is InChI=1S/C40H65N5O7/c1-10-24(4)35(44(7)40(50)33(23(2)3)43-39(49)34-28-18-19-29(21-28)42-34)31(51-8)22-32(46)45-20-14-17-30(45)37(52-9)25(5)38(48)41-26(6)36(47)27-15-12-11-13-16-27/h11-13,15-16,23-26,28-31,33-37,42,47H,10,14,17-22H2,1-9H3,(H,41,48)(H,43,49)/t24?,25?,26?,28-,29+,30-,31?,33?,34-,35?,36?,37?/m0/s1. The third-order valence-electron chi connectivity index (χ3n) is 12.1. The number of aliphatic hydroxyl groups is 1. The van der Waals surface area contributed by atoms with Gasteiger partial charge in [0, 0.05) is 33.9 Å². The number of nitrogens with one attached hydrogen (secondary N) is 3. The third kappa shape index (κ3) is 9.53. The monoisotopic (exact) mass is 727 g/mol. The lowest BCUT2D eigenvalue weighted by Gasteiger charge is -2.41. The SMILES string of the molecule is CCC(C)C(C(CC(=O)N1CCC[C@H]1C(OC)C(C)C(=O)NC(C)C(O)c1ccccc1)OC)N(C)C(=O)C(NC(=O)[C@H]1N[C@@H]2CC[C@H]1C2)C(C)C. The number of nitrogens with zero attached hydrogens (tertiary/aromatic N) is 2. The van der Waals surface area contributed by atoms with E-state index in [9.17, 15) is 24.3 Å². The zero-order chi connectivity index (χ0) is 38.3. The molecule has 2 bridgehead atoms. The van der Waals surface area contributed by atoms with Crippen LogP contribution in [0, 0.1) is 23.7 Å². The molecule has 1 aromatic rings. The summed E-state index contributed by atoms with van der Waals surface area (Å²) in [6, 6.07) is 7.32. The van der Waals surface area contributed by atoms with Gasteiger partial charge in [0.2, 0.25) is 23.6 Å². The van der Waals surface area contributed by atoms with E-state index in [1.165, 1.54) is 0 Å². The molecule has 2 saturated heterocycles. The summed E-state index contributed by atoms with van der Waals surface area (Å²) in [5, 5.41) is 20.3. The number of hydrogen-bond acceptors (Lipinski definition) is 8. The third-order valence-corrected chi connectivity index (χ3v) is 12.1. The van der Waals surface area contributed by atoms with Crippen molar-refractivity contribution >= 4 is 23.6 Å². The minimum Gasteiger partial charge on any atom is -0.386 e. The van der Waals surface area contributed by atoms with E-state index in [0.29, 0.717) is 30.5 Å². The molecular weight excluding hydrogens is 662 g/mol. The first kappa shape index (κ1) is 41.7. The van der Waals surface area contributed by atoms with Gasteiger partial charge in [0.25, 0.3) is 0 Å². The Labute approximate surface area is 311 Å². The van der Waals surface area contributed by atoms with Gasteiger partial charge in [0.05, 0.1) is 54.8 Å². The van der Waals surface area contributed by atoms with Gasteiger partial charge < -0.3 is 40.3 Å². The summed E-state index contributed by atoms with van der Waals surface area (Å²) in [6.07, 6.45) is 3.34. The van der Waals surface area contributed by atoms with Crippen LogP contribution in [0.3, 0.4) is 0 Å². The molecule has 12 nitrogen and oxygen atoms in total. The normalized spacial score (nSPS) is 25.9. The second-order valence-electron chi connectivity index (χ2n) is 15.9. The number of methoxy groups -OCH3 is 2. The van der Waals surface area contributed by atoms with Crippen molar-refractivity contribution in [3.05, 3.63) is 35.9 Å². The summed E-state index contributed by atoms with van der Waals surface area (Å²) in [6.45, 7) is 12.1. The molecule has 292 valence electrons. The van der Waals surface area contributed by atoms with Crippen LogP contribution in [0.5, 0.6) is 0 Å². The molecule has 4 amide bonds. The average molecular weight is 728 g/mol. The first-order valence-electron chi connectivity index (χ1n) is 19.4. The first-order valence-corrected chi connectivity index (χ1v) is 19.4. The number of carbonyl (C=O) groups excluding carboxylic acids is 4. The van der Waals surface area contributed by atoms with E-state index in [-0.39, 0.29) is 54.0 Å². The van der Waals surface area contributed by atoms with Gasteiger partial charge in [0.1, 0.15) is 6.04 Å². The minimum absolute atomic E-state index is 0.000454. The van der Waals surface area contributed by atoms with E-state index >= 15 is 0 Å². The molecule has 8 unspecified atom stereocenters. The largest absolute Gasteiger partial charge is 0.386 e. The molecule has 3 fully saturated rings. The van der Waals surface area contributed by atoms with Crippen LogP contribution in [0.4, 0.5) is 0 Å². The van der Waals surface area contributed by atoms with Crippen molar-refractivity contribution in [2.24, 2.45) is 23.7 Å². The number of ether oxygens (including phenoxy) is 2. The lowest BCUT2D eigenvalue weighted by atomic mass is 9.89. The maximum atomic E-state index is 14.2. The van der Waals surface area contributed by atoms with Gasteiger partial charge in [-0.15, -0.1) is 0 Å². The molecule has 0 radical (unpaired) electrons. The number of hydrogen-bond donors (Lipinski definition) is 4. The van der Waals surface area contributed by atoms with Crippen LogP contribution < -0.4 is 16.0 Å². The number of benzene rings is 1. The molecule has 0 spiro atoms. The van der Waals surface area contributed by atoms with E-state index in [1.807, 2.05) is 44.2 Å². The van der Waals surface area contributed by atoms with Crippen LogP contribution in [0.15, 0.2) is 30.3 Å². The number of likely N-dealkylation sites (N-methyl/N-ethyl adjacent to an activating group) is 1. The van der Waals surface area contributed by atoms with E-state index in [4.69, 9.17) is 9.47 Å². The lowest BCUT2D eigenvalue weighted by Crippen LogP contribution is -2.59. The topological polar surface area (TPSA) is 150 Å². The summed E-state index contributed by atoms with van der Waals surface area (Å²) in [5.41, 5.74) is 0.715. The Hall–Kier alpha value is -3.06. The van der Waals surface area contributed by atoms with E-state index in [2.05, 4.69) is 29.8 Å². The number of fused-ring (bicyclic) bond motifs is 2. The minimum atomic E-state index is -0.871. The Bertz CT molecular complexity index is 1350. The molecule has 1 aliphatic carbocycles. The number of likely N-dealkylation sites (tertiary alicyclic amines) is 1. The molecule has 3 aliphatic rings. The van der Waals surface area contributed by atoms with Gasteiger partial charge in [-0.25, -0.2) is 0 Å². The fraction of sp³-hybridized carbons (Fsp3) is 0.750. The average Bonchev–Trinajstić information content (AvgIpc) is 3.92. The number of aliphatic hydroxyl groups excluding tert-OH is 1. The van der Waals surface area contributed by atoms with E-state index in [0.717, 1.165) is 32.1 Å². The molecule has 12 atom stereocenters. The maximum absolute atomic E-state index is 14.2. The molecule has 12 heteroatoms. The molecule has 4 N–H and O–H groups in total. The van der Waals surface area contributed by atoms with Crippen molar-refractivity contribution in [3.63, 3.8) is 0 Å². The number of amides is 4. The summed E-state index contributed by atoms with van der Waals surface area (Å²) < 4.78 is 11.9. The number of carbonyl (C=O) groups is 4. The van der Waals surface area contributed by atoms with Crippen molar-refractivity contribution < 1.29 is 33.8 Å². The predicted molar refractivity (Wildman–Crippen MR) is 200 cm³/mol. The van der Waals surface area contributed by atoms with Crippen LogP contribution in [0.25, 0.3) is 0 Å². The first-order chi connectivity index (χ1) is 24.7. The number of rotatable bonds is 18. The van der Waals surface area contributed by atoms with Gasteiger partial charge in [-0.2, -0.15) is 0 Å². The van der Waals surface area contributed by atoms with Crippen molar-refractivity contribution in [1.29, 1.82) is 0 Å². The Morgan fingerprint density at radius 2 is 1.69 bits per heavy atom. The van der Waals surface area contributed by atoms with Gasteiger partial charge >= 0.3 is 0 Å². The van der Waals surface area contributed by atoms with Crippen LogP contribution in [-0.2, 0) is 28.7 Å². The summed E-state index contributed by atoms with van der Waals surface area (Å²) in [5.74, 6) is -1.13. The molecule has 1 saturated carbocycles. The van der Waals surface area contributed by atoms with Gasteiger partial charge in [-0.3, -0.25) is 19.2 Å². The molecule has 52 heavy (non-hydrogen) atoms. The van der Waals surface area contributed by atoms with Crippen molar-refractivity contribution in [1.82, 2.24) is 25.8 Å².